The topological polar surface area (TPSA) is 48.9 Å². The number of likely N-dealkylation sites (tertiary alicyclic amines) is 1. The Balaban J connectivity index is 1.52. The zero-order valence-electron chi connectivity index (χ0n) is 18.3. The monoisotopic (exact) mass is 430 g/mol. The average molecular weight is 431 g/mol. The first-order valence-electron chi connectivity index (χ1n) is 10.8. The highest BCUT2D eigenvalue weighted by atomic mass is 19.1. The lowest BCUT2D eigenvalue weighted by Crippen LogP contribution is -2.48. The number of ether oxygens (including phenoxy) is 1. The van der Waals surface area contributed by atoms with Crippen molar-refractivity contribution in [2.75, 3.05) is 26.7 Å². The average Bonchev–Trinajstić information content (AvgIpc) is 2.77. The van der Waals surface area contributed by atoms with Gasteiger partial charge in [-0.2, -0.15) is 0 Å². The lowest BCUT2D eigenvalue weighted by molar-refractivity contribution is 0.181. The van der Waals surface area contributed by atoms with Crippen molar-refractivity contribution < 1.29 is 13.5 Å². The van der Waals surface area contributed by atoms with Crippen LogP contribution in [0, 0.1) is 11.6 Å². The number of piperidine rings is 1. The van der Waals surface area contributed by atoms with Gasteiger partial charge in [-0.1, -0.05) is 18.2 Å². The summed E-state index contributed by atoms with van der Waals surface area (Å²) >= 11 is 0. The number of benzene rings is 2. The van der Waals surface area contributed by atoms with Gasteiger partial charge in [0.25, 0.3) is 0 Å². The van der Waals surface area contributed by atoms with Crippen molar-refractivity contribution in [3.05, 3.63) is 70.8 Å². The van der Waals surface area contributed by atoms with Crippen LogP contribution in [0.15, 0.2) is 47.5 Å². The molecule has 1 saturated heterocycles. The molecule has 2 aromatic rings. The van der Waals surface area contributed by atoms with E-state index in [1.54, 1.807) is 19.2 Å². The SMILES string of the molecule is CCNC(=NCc1ccc(F)c(COC)c1)NC1CCN(Cc2ccc(F)cc2)CC1. The third-order valence-corrected chi connectivity index (χ3v) is 5.42. The molecule has 0 amide bonds. The number of guanidine groups is 1. The fraction of sp³-hybridized carbons (Fsp3) is 0.458. The van der Waals surface area contributed by atoms with Gasteiger partial charge in [0, 0.05) is 44.9 Å². The van der Waals surface area contributed by atoms with Crippen molar-refractivity contribution >= 4 is 5.96 Å². The molecule has 1 aliphatic heterocycles. The third kappa shape index (κ3) is 7.29. The highest BCUT2D eigenvalue weighted by Crippen LogP contribution is 2.15. The second-order valence-corrected chi connectivity index (χ2v) is 7.88. The van der Waals surface area contributed by atoms with Crippen molar-refractivity contribution in [3.63, 3.8) is 0 Å². The van der Waals surface area contributed by atoms with Crippen LogP contribution >= 0.6 is 0 Å². The minimum Gasteiger partial charge on any atom is -0.380 e. The molecule has 168 valence electrons. The molecule has 2 aromatic carbocycles. The van der Waals surface area contributed by atoms with E-state index in [0.29, 0.717) is 18.2 Å². The van der Waals surface area contributed by atoms with E-state index in [9.17, 15) is 8.78 Å². The minimum atomic E-state index is -0.257. The first kappa shape index (κ1) is 23.2. The largest absolute Gasteiger partial charge is 0.380 e. The number of methoxy groups -OCH3 is 1. The molecule has 7 heteroatoms. The highest BCUT2D eigenvalue weighted by Gasteiger charge is 2.20. The van der Waals surface area contributed by atoms with Crippen LogP contribution in [0.3, 0.4) is 0 Å². The Morgan fingerprint density at radius 3 is 2.48 bits per heavy atom. The minimum absolute atomic E-state index is 0.197. The number of nitrogens with one attached hydrogen (secondary N) is 2. The standard InChI is InChI=1S/C24H32F2N4O/c1-3-27-24(28-15-19-6-9-23(26)20(14-19)17-31-2)29-22-10-12-30(13-11-22)16-18-4-7-21(25)8-5-18/h4-9,14,22H,3,10-13,15-17H2,1-2H3,(H2,27,28,29). The molecule has 1 fully saturated rings. The van der Waals surface area contributed by atoms with E-state index in [1.807, 2.05) is 19.1 Å². The Morgan fingerprint density at radius 2 is 1.81 bits per heavy atom. The van der Waals surface area contributed by atoms with Crippen LogP contribution in [-0.4, -0.2) is 43.6 Å². The quantitative estimate of drug-likeness (QED) is 0.494. The van der Waals surface area contributed by atoms with E-state index in [1.165, 1.54) is 18.2 Å². The summed E-state index contributed by atoms with van der Waals surface area (Å²) in [4.78, 5) is 7.08. The van der Waals surface area contributed by atoms with E-state index in [0.717, 1.165) is 56.1 Å². The van der Waals surface area contributed by atoms with Gasteiger partial charge in [0.15, 0.2) is 5.96 Å². The second kappa shape index (κ2) is 11.8. The van der Waals surface area contributed by atoms with Gasteiger partial charge in [-0.25, -0.2) is 13.8 Å². The Morgan fingerprint density at radius 1 is 1.10 bits per heavy atom. The Labute approximate surface area is 183 Å². The first-order valence-corrected chi connectivity index (χ1v) is 10.8. The molecular formula is C24H32F2N4O. The summed E-state index contributed by atoms with van der Waals surface area (Å²) in [5.41, 5.74) is 2.62. The molecule has 3 rings (SSSR count). The summed E-state index contributed by atoms with van der Waals surface area (Å²) in [6, 6.07) is 12.1. The molecule has 31 heavy (non-hydrogen) atoms. The number of rotatable bonds is 8. The van der Waals surface area contributed by atoms with Crippen LogP contribution in [0.4, 0.5) is 8.78 Å². The maximum atomic E-state index is 13.8. The molecule has 1 aliphatic rings. The van der Waals surface area contributed by atoms with Crippen molar-refractivity contribution in [1.29, 1.82) is 0 Å². The van der Waals surface area contributed by atoms with Gasteiger partial charge in [0.2, 0.25) is 0 Å². The highest BCUT2D eigenvalue weighted by molar-refractivity contribution is 5.80. The van der Waals surface area contributed by atoms with Crippen LogP contribution < -0.4 is 10.6 Å². The molecule has 0 unspecified atom stereocenters. The zero-order chi connectivity index (χ0) is 22.1. The predicted octanol–water partition coefficient (Wildman–Crippen LogP) is 3.83. The van der Waals surface area contributed by atoms with Crippen LogP contribution in [0.1, 0.15) is 36.5 Å². The second-order valence-electron chi connectivity index (χ2n) is 7.88. The van der Waals surface area contributed by atoms with Gasteiger partial charge < -0.3 is 15.4 Å². The fourth-order valence-electron chi connectivity index (χ4n) is 3.76. The Kier molecular flexibility index (Phi) is 8.79. The van der Waals surface area contributed by atoms with Crippen LogP contribution in [0.25, 0.3) is 0 Å². The smallest absolute Gasteiger partial charge is 0.191 e. The first-order chi connectivity index (χ1) is 15.1. The maximum absolute atomic E-state index is 13.8. The Bertz CT molecular complexity index is 849. The molecular weight excluding hydrogens is 398 g/mol. The number of nitrogens with zero attached hydrogens (tertiary/aromatic N) is 2. The van der Waals surface area contributed by atoms with E-state index < -0.39 is 0 Å². The fourth-order valence-corrected chi connectivity index (χ4v) is 3.76. The Hall–Kier alpha value is -2.51. The van der Waals surface area contributed by atoms with Gasteiger partial charge in [0.1, 0.15) is 11.6 Å². The molecule has 0 spiro atoms. The molecule has 0 bridgehead atoms. The number of hydrogen-bond acceptors (Lipinski definition) is 3. The summed E-state index contributed by atoms with van der Waals surface area (Å²) in [5.74, 6) is 0.321. The van der Waals surface area contributed by atoms with Gasteiger partial charge in [-0.15, -0.1) is 0 Å². The number of halogens is 2. The molecule has 2 N–H and O–H groups in total. The molecule has 0 radical (unpaired) electrons. The summed E-state index contributed by atoms with van der Waals surface area (Å²) in [6.45, 7) is 6.33. The summed E-state index contributed by atoms with van der Waals surface area (Å²) in [7, 11) is 1.56. The normalized spacial score (nSPS) is 15.8. The lowest BCUT2D eigenvalue weighted by Gasteiger charge is -2.33. The van der Waals surface area contributed by atoms with E-state index >= 15 is 0 Å². The molecule has 0 saturated carbocycles. The van der Waals surface area contributed by atoms with Gasteiger partial charge >= 0.3 is 0 Å². The van der Waals surface area contributed by atoms with Crippen molar-refractivity contribution in [1.82, 2.24) is 15.5 Å². The van der Waals surface area contributed by atoms with Crippen molar-refractivity contribution in [3.8, 4) is 0 Å². The predicted molar refractivity (Wildman–Crippen MR) is 120 cm³/mol. The van der Waals surface area contributed by atoms with Gasteiger partial charge in [-0.3, -0.25) is 4.90 Å². The lowest BCUT2D eigenvalue weighted by atomic mass is 10.0. The zero-order valence-corrected chi connectivity index (χ0v) is 18.3. The molecule has 0 aliphatic carbocycles. The summed E-state index contributed by atoms with van der Waals surface area (Å²) < 4.78 is 32.0. The van der Waals surface area contributed by atoms with E-state index in [-0.39, 0.29) is 18.2 Å². The summed E-state index contributed by atoms with van der Waals surface area (Å²) in [6.07, 6.45) is 2.03. The molecule has 0 aromatic heterocycles. The molecule has 5 nitrogen and oxygen atoms in total. The molecule has 1 heterocycles. The summed E-state index contributed by atoms with van der Waals surface area (Å²) in [5, 5.41) is 6.83. The molecule has 0 atom stereocenters. The van der Waals surface area contributed by atoms with Gasteiger partial charge in [0.05, 0.1) is 13.2 Å². The van der Waals surface area contributed by atoms with Gasteiger partial charge in [-0.05, 0) is 55.2 Å². The maximum Gasteiger partial charge on any atom is 0.191 e. The van der Waals surface area contributed by atoms with E-state index in [4.69, 9.17) is 4.74 Å². The third-order valence-electron chi connectivity index (χ3n) is 5.42. The number of aliphatic imine (C=N–C) groups is 1. The number of hydrogen-bond donors (Lipinski definition) is 2. The van der Waals surface area contributed by atoms with Crippen LogP contribution in [0.5, 0.6) is 0 Å². The van der Waals surface area contributed by atoms with Crippen molar-refractivity contribution in [2.24, 2.45) is 4.99 Å². The van der Waals surface area contributed by atoms with Crippen LogP contribution in [0.2, 0.25) is 0 Å². The van der Waals surface area contributed by atoms with Crippen LogP contribution in [-0.2, 0) is 24.4 Å². The van der Waals surface area contributed by atoms with E-state index in [2.05, 4.69) is 20.5 Å². The van der Waals surface area contributed by atoms with Crippen molar-refractivity contribution in [2.45, 2.75) is 45.5 Å².